The number of rotatable bonds is 3. The van der Waals surface area contributed by atoms with E-state index in [0.717, 1.165) is 29.1 Å². The largest absolute Gasteiger partial charge is 0.370 e. The molecule has 1 aromatic carbocycles. The Hall–Kier alpha value is -3.53. The van der Waals surface area contributed by atoms with Crippen molar-refractivity contribution in [2.24, 2.45) is 7.05 Å². The van der Waals surface area contributed by atoms with Crippen LogP contribution in [0.3, 0.4) is 0 Å². The van der Waals surface area contributed by atoms with Crippen LogP contribution in [0.4, 0.5) is 14.7 Å². The third-order valence-electron chi connectivity index (χ3n) is 5.57. The molecule has 0 N–H and O–H groups in total. The number of hydrogen-bond donors (Lipinski definition) is 0. The molecule has 1 fully saturated rings. The number of aromatic nitrogens is 6. The fraction of sp³-hybridized carbons (Fsp3) is 0.318. The normalized spacial score (nSPS) is 16.7. The molecule has 32 heavy (non-hydrogen) atoms. The summed E-state index contributed by atoms with van der Waals surface area (Å²) in [5.41, 5.74) is 4.10. The van der Waals surface area contributed by atoms with Gasteiger partial charge in [-0.25, -0.2) is 23.7 Å². The average molecular weight is 437 g/mol. The summed E-state index contributed by atoms with van der Waals surface area (Å²) in [6.45, 7) is 5.28. The summed E-state index contributed by atoms with van der Waals surface area (Å²) in [5, 5.41) is 4.22. The quantitative estimate of drug-likeness (QED) is 0.486. The van der Waals surface area contributed by atoms with Gasteiger partial charge in [0.15, 0.2) is 17.3 Å². The number of fused-ring (bicyclic) bond motifs is 1. The van der Waals surface area contributed by atoms with Crippen molar-refractivity contribution in [3.05, 3.63) is 59.2 Å². The van der Waals surface area contributed by atoms with Gasteiger partial charge in [0, 0.05) is 30.9 Å². The lowest BCUT2D eigenvalue weighted by atomic mass is 10.1. The number of nitrogens with zero attached hydrogens (tertiary/aromatic N) is 7. The van der Waals surface area contributed by atoms with Crippen LogP contribution in [0.2, 0.25) is 0 Å². The molecule has 0 aliphatic carbocycles. The highest BCUT2D eigenvalue weighted by molar-refractivity contribution is 5.88. The Morgan fingerprint density at radius 2 is 1.84 bits per heavy atom. The van der Waals surface area contributed by atoms with Crippen molar-refractivity contribution >= 4 is 17.1 Å². The fourth-order valence-corrected chi connectivity index (χ4v) is 3.73. The number of anilines is 1. The van der Waals surface area contributed by atoms with Crippen LogP contribution in [-0.4, -0.2) is 49.4 Å². The van der Waals surface area contributed by atoms with Crippen molar-refractivity contribution in [2.45, 2.75) is 20.0 Å². The van der Waals surface area contributed by atoms with Crippen LogP contribution in [0, 0.1) is 25.5 Å². The summed E-state index contributed by atoms with van der Waals surface area (Å²) in [7, 11) is 1.85. The van der Waals surface area contributed by atoms with Crippen molar-refractivity contribution in [3.8, 4) is 11.3 Å². The lowest BCUT2D eigenvalue weighted by Crippen LogP contribution is -2.39. The van der Waals surface area contributed by atoms with Crippen molar-refractivity contribution in [1.82, 2.24) is 29.7 Å². The van der Waals surface area contributed by atoms with E-state index in [0.29, 0.717) is 48.1 Å². The van der Waals surface area contributed by atoms with Crippen LogP contribution in [0.25, 0.3) is 22.4 Å². The maximum absolute atomic E-state index is 14.0. The van der Waals surface area contributed by atoms with Gasteiger partial charge in [0.2, 0.25) is 5.95 Å². The van der Waals surface area contributed by atoms with E-state index in [-0.39, 0.29) is 6.10 Å². The summed E-state index contributed by atoms with van der Waals surface area (Å²) in [4.78, 5) is 20.6. The zero-order valence-corrected chi connectivity index (χ0v) is 17.9. The standard InChI is InChI=1S/C22H21F2N7O/c1-12-13(2)27-21-20(26-12)19(14-4-5-16(23)17(24)8-14)28-22(29-21)31-6-7-32-18(11-31)15-9-25-30(3)10-15/h4-5,8-10,18H,6-7,11H2,1-3H3. The molecule has 1 saturated heterocycles. The number of aryl methyl sites for hydroxylation is 3. The molecule has 1 unspecified atom stereocenters. The maximum Gasteiger partial charge on any atom is 0.228 e. The molecule has 0 radical (unpaired) electrons. The smallest absolute Gasteiger partial charge is 0.228 e. The van der Waals surface area contributed by atoms with Crippen LogP contribution in [0.15, 0.2) is 30.6 Å². The van der Waals surface area contributed by atoms with Gasteiger partial charge in [-0.2, -0.15) is 10.1 Å². The molecule has 1 aliphatic rings. The zero-order chi connectivity index (χ0) is 22.4. The molecule has 5 rings (SSSR count). The predicted octanol–water partition coefficient (Wildman–Crippen LogP) is 3.29. The second-order valence-corrected chi connectivity index (χ2v) is 7.82. The van der Waals surface area contributed by atoms with Gasteiger partial charge in [-0.3, -0.25) is 4.68 Å². The maximum atomic E-state index is 14.0. The molecule has 1 atom stereocenters. The summed E-state index contributed by atoms with van der Waals surface area (Å²) in [6.07, 6.45) is 3.51. The third-order valence-corrected chi connectivity index (χ3v) is 5.57. The third kappa shape index (κ3) is 3.66. The van der Waals surface area contributed by atoms with E-state index in [4.69, 9.17) is 9.72 Å². The average Bonchev–Trinajstić information content (AvgIpc) is 3.22. The SMILES string of the molecule is Cc1nc2nc(N3CCOC(c4cnn(C)c4)C3)nc(-c3ccc(F)c(F)c3)c2nc1C. The molecule has 0 spiro atoms. The Labute approximate surface area is 182 Å². The first-order chi connectivity index (χ1) is 15.4. The summed E-state index contributed by atoms with van der Waals surface area (Å²) >= 11 is 0. The van der Waals surface area contributed by atoms with E-state index in [1.807, 2.05) is 32.0 Å². The van der Waals surface area contributed by atoms with Gasteiger partial charge in [0.1, 0.15) is 17.3 Å². The summed E-state index contributed by atoms with van der Waals surface area (Å²) in [6, 6.07) is 3.69. The molecule has 3 aromatic heterocycles. The van der Waals surface area contributed by atoms with Crippen LogP contribution in [-0.2, 0) is 11.8 Å². The first-order valence-electron chi connectivity index (χ1n) is 10.2. The van der Waals surface area contributed by atoms with Crippen molar-refractivity contribution < 1.29 is 13.5 Å². The summed E-state index contributed by atoms with van der Waals surface area (Å²) < 4.78 is 35.2. The minimum atomic E-state index is -0.949. The lowest BCUT2D eigenvalue weighted by Gasteiger charge is -2.32. The molecular formula is C22H21F2N7O. The predicted molar refractivity (Wildman–Crippen MR) is 114 cm³/mol. The van der Waals surface area contributed by atoms with Crippen LogP contribution in [0.1, 0.15) is 23.1 Å². The zero-order valence-electron chi connectivity index (χ0n) is 17.9. The van der Waals surface area contributed by atoms with Gasteiger partial charge in [0.25, 0.3) is 0 Å². The Morgan fingerprint density at radius 1 is 1.03 bits per heavy atom. The number of morpholine rings is 1. The summed E-state index contributed by atoms with van der Waals surface area (Å²) in [5.74, 6) is -1.43. The molecular weight excluding hydrogens is 416 g/mol. The highest BCUT2D eigenvalue weighted by Crippen LogP contribution is 2.30. The highest BCUT2D eigenvalue weighted by atomic mass is 19.2. The molecule has 8 nitrogen and oxygen atoms in total. The fourth-order valence-electron chi connectivity index (χ4n) is 3.73. The molecule has 1 aliphatic heterocycles. The Kier molecular flexibility index (Phi) is 5.01. The molecule has 164 valence electrons. The lowest BCUT2D eigenvalue weighted by molar-refractivity contribution is 0.0392. The number of hydrogen-bond acceptors (Lipinski definition) is 7. The molecule has 10 heteroatoms. The number of halogens is 2. The van der Waals surface area contributed by atoms with E-state index in [1.165, 1.54) is 6.07 Å². The van der Waals surface area contributed by atoms with Gasteiger partial charge in [-0.1, -0.05) is 0 Å². The Morgan fingerprint density at radius 3 is 2.59 bits per heavy atom. The monoisotopic (exact) mass is 437 g/mol. The van der Waals surface area contributed by atoms with Gasteiger partial charge >= 0.3 is 0 Å². The van der Waals surface area contributed by atoms with Crippen LogP contribution in [0.5, 0.6) is 0 Å². The van der Waals surface area contributed by atoms with Gasteiger partial charge in [-0.05, 0) is 32.0 Å². The van der Waals surface area contributed by atoms with Crippen LogP contribution >= 0.6 is 0 Å². The first-order valence-corrected chi connectivity index (χ1v) is 10.2. The molecule has 0 saturated carbocycles. The minimum absolute atomic E-state index is 0.186. The highest BCUT2D eigenvalue weighted by Gasteiger charge is 2.26. The second kappa shape index (κ2) is 7.86. The Balaban J connectivity index is 1.61. The van der Waals surface area contributed by atoms with Crippen LogP contribution < -0.4 is 4.90 Å². The van der Waals surface area contributed by atoms with E-state index >= 15 is 0 Å². The minimum Gasteiger partial charge on any atom is -0.370 e. The molecule has 0 amide bonds. The van der Waals surface area contributed by atoms with E-state index < -0.39 is 11.6 Å². The topological polar surface area (TPSA) is 81.9 Å². The van der Waals surface area contributed by atoms with Crippen molar-refractivity contribution in [3.63, 3.8) is 0 Å². The molecule has 0 bridgehead atoms. The number of ether oxygens (including phenoxy) is 1. The van der Waals surface area contributed by atoms with E-state index in [2.05, 4.69) is 20.1 Å². The first kappa shape index (κ1) is 20.4. The van der Waals surface area contributed by atoms with E-state index in [1.54, 1.807) is 10.9 Å². The second-order valence-electron chi connectivity index (χ2n) is 7.82. The Bertz CT molecular complexity index is 1320. The van der Waals surface area contributed by atoms with Gasteiger partial charge in [-0.15, -0.1) is 0 Å². The van der Waals surface area contributed by atoms with Gasteiger partial charge < -0.3 is 9.64 Å². The number of benzene rings is 1. The van der Waals surface area contributed by atoms with Crippen molar-refractivity contribution in [1.29, 1.82) is 0 Å². The molecule has 4 aromatic rings. The van der Waals surface area contributed by atoms with Crippen molar-refractivity contribution in [2.75, 3.05) is 24.6 Å². The van der Waals surface area contributed by atoms with E-state index in [9.17, 15) is 8.78 Å². The van der Waals surface area contributed by atoms with Gasteiger partial charge in [0.05, 0.1) is 30.7 Å². The molecule has 4 heterocycles.